The van der Waals surface area contributed by atoms with Crippen molar-refractivity contribution in [3.05, 3.63) is 11.3 Å². The van der Waals surface area contributed by atoms with Crippen molar-refractivity contribution in [2.75, 3.05) is 0 Å². The molecule has 2 nitrogen and oxygen atoms in total. The minimum atomic E-state index is -0.192. The van der Waals surface area contributed by atoms with Crippen molar-refractivity contribution in [3.63, 3.8) is 0 Å². The Morgan fingerprint density at radius 3 is 2.00 bits per heavy atom. The summed E-state index contributed by atoms with van der Waals surface area (Å²) in [5.74, 6) is 0. The van der Waals surface area contributed by atoms with Crippen molar-refractivity contribution in [3.8, 4) is 0 Å². The molecule has 12 heavy (non-hydrogen) atoms. The van der Waals surface area contributed by atoms with Gasteiger partial charge in [-0.25, -0.2) is 0 Å². The normalized spacial score (nSPS) is 22.1. The Morgan fingerprint density at radius 2 is 1.83 bits per heavy atom. The van der Waals surface area contributed by atoms with Crippen LogP contribution in [0.3, 0.4) is 0 Å². The molecular weight excluding hydrogens is 148 g/mol. The summed E-state index contributed by atoms with van der Waals surface area (Å²) < 4.78 is 0. The first-order chi connectivity index (χ1) is 5.25. The molecule has 1 aliphatic rings. The molecule has 0 aromatic heterocycles. The Balaban J connectivity index is 3.11. The molecule has 0 amide bonds. The molecule has 0 aromatic rings. The van der Waals surface area contributed by atoms with Crippen molar-refractivity contribution in [2.45, 2.75) is 40.2 Å². The number of nitrogens with two attached hydrogens (primary N) is 1. The number of hydrogen-bond donors (Lipinski definition) is 1. The van der Waals surface area contributed by atoms with E-state index in [9.17, 15) is 0 Å². The Labute approximate surface area is 74.6 Å². The SMILES string of the molecule is CC(C)(C)C1=C(N)C(C)(C)N=C1. The third-order valence-corrected chi connectivity index (χ3v) is 2.27. The van der Waals surface area contributed by atoms with E-state index in [0.717, 1.165) is 5.70 Å². The van der Waals surface area contributed by atoms with Crippen LogP contribution in [0.5, 0.6) is 0 Å². The maximum Gasteiger partial charge on any atom is 0.0946 e. The van der Waals surface area contributed by atoms with E-state index in [1.165, 1.54) is 5.57 Å². The van der Waals surface area contributed by atoms with Gasteiger partial charge in [-0.05, 0) is 24.8 Å². The van der Waals surface area contributed by atoms with Crippen molar-refractivity contribution < 1.29 is 0 Å². The van der Waals surface area contributed by atoms with Gasteiger partial charge in [-0.2, -0.15) is 0 Å². The molecule has 1 heterocycles. The topological polar surface area (TPSA) is 38.4 Å². The molecule has 0 atom stereocenters. The fourth-order valence-corrected chi connectivity index (χ4v) is 1.29. The predicted molar refractivity (Wildman–Crippen MR) is 53.2 cm³/mol. The lowest BCUT2D eigenvalue weighted by molar-refractivity contribution is 0.512. The lowest BCUT2D eigenvalue weighted by Gasteiger charge is -2.22. The average molecular weight is 166 g/mol. The second kappa shape index (κ2) is 2.35. The third-order valence-electron chi connectivity index (χ3n) is 2.27. The highest BCUT2D eigenvalue weighted by Crippen LogP contribution is 2.34. The lowest BCUT2D eigenvalue weighted by Crippen LogP contribution is -2.26. The molecule has 1 rings (SSSR count). The van der Waals surface area contributed by atoms with Crippen LogP contribution in [0.1, 0.15) is 34.6 Å². The van der Waals surface area contributed by atoms with Crippen LogP contribution in [0, 0.1) is 5.41 Å². The molecular formula is C10H18N2. The molecule has 0 saturated carbocycles. The van der Waals surface area contributed by atoms with Gasteiger partial charge in [-0.3, -0.25) is 4.99 Å². The first kappa shape index (κ1) is 9.30. The van der Waals surface area contributed by atoms with Gasteiger partial charge < -0.3 is 5.73 Å². The number of hydrogen-bond acceptors (Lipinski definition) is 2. The van der Waals surface area contributed by atoms with E-state index in [0.29, 0.717) is 0 Å². The second-order valence-electron chi connectivity index (χ2n) is 4.89. The van der Waals surface area contributed by atoms with Crippen molar-refractivity contribution in [1.82, 2.24) is 0 Å². The van der Waals surface area contributed by atoms with Gasteiger partial charge in [0.25, 0.3) is 0 Å². The van der Waals surface area contributed by atoms with Gasteiger partial charge in [0.05, 0.1) is 5.54 Å². The summed E-state index contributed by atoms with van der Waals surface area (Å²) in [7, 11) is 0. The number of allylic oxidation sites excluding steroid dienone is 1. The van der Waals surface area contributed by atoms with Crippen LogP contribution in [0.15, 0.2) is 16.3 Å². The van der Waals surface area contributed by atoms with Gasteiger partial charge in [0.1, 0.15) is 0 Å². The molecule has 0 fully saturated rings. The van der Waals surface area contributed by atoms with Crippen LogP contribution in [0.25, 0.3) is 0 Å². The van der Waals surface area contributed by atoms with Crippen LogP contribution >= 0.6 is 0 Å². The Hall–Kier alpha value is -0.790. The van der Waals surface area contributed by atoms with E-state index in [-0.39, 0.29) is 11.0 Å². The minimum Gasteiger partial charge on any atom is -0.400 e. The Kier molecular flexibility index (Phi) is 1.82. The molecule has 68 valence electrons. The highest BCUT2D eigenvalue weighted by Gasteiger charge is 2.32. The largest absolute Gasteiger partial charge is 0.400 e. The number of nitrogens with zero attached hydrogens (tertiary/aromatic N) is 1. The zero-order valence-corrected chi connectivity index (χ0v) is 8.60. The molecule has 0 spiro atoms. The van der Waals surface area contributed by atoms with Crippen LogP contribution < -0.4 is 5.73 Å². The molecule has 0 unspecified atom stereocenters. The summed E-state index contributed by atoms with van der Waals surface area (Å²) >= 11 is 0. The zero-order chi connectivity index (χ0) is 9.57. The summed E-state index contributed by atoms with van der Waals surface area (Å²) in [5.41, 5.74) is 8.00. The summed E-state index contributed by atoms with van der Waals surface area (Å²) in [4.78, 5) is 4.37. The van der Waals surface area contributed by atoms with Gasteiger partial charge in [-0.15, -0.1) is 0 Å². The average Bonchev–Trinajstić information content (AvgIpc) is 2.06. The Morgan fingerprint density at radius 1 is 1.33 bits per heavy atom. The van der Waals surface area contributed by atoms with Crippen LogP contribution in [0.2, 0.25) is 0 Å². The first-order valence-electron chi connectivity index (χ1n) is 4.31. The van der Waals surface area contributed by atoms with E-state index >= 15 is 0 Å². The molecule has 2 N–H and O–H groups in total. The standard InChI is InChI=1S/C10H18N2/c1-9(2,3)7-6-12-10(4,5)8(7)11/h6H,11H2,1-5H3. The third kappa shape index (κ3) is 1.38. The van der Waals surface area contributed by atoms with Gasteiger partial charge >= 0.3 is 0 Å². The first-order valence-corrected chi connectivity index (χ1v) is 4.31. The summed E-state index contributed by atoms with van der Waals surface area (Å²) in [6.45, 7) is 10.5. The van der Waals surface area contributed by atoms with E-state index in [4.69, 9.17) is 5.73 Å². The number of aliphatic imine (C=N–C) groups is 1. The van der Waals surface area contributed by atoms with Crippen molar-refractivity contribution >= 4 is 6.21 Å². The van der Waals surface area contributed by atoms with Gasteiger partial charge in [0.15, 0.2) is 0 Å². The van der Waals surface area contributed by atoms with E-state index in [1.807, 2.05) is 20.1 Å². The molecule has 0 aliphatic carbocycles. The van der Waals surface area contributed by atoms with Crippen molar-refractivity contribution in [1.29, 1.82) is 0 Å². The smallest absolute Gasteiger partial charge is 0.0946 e. The van der Waals surface area contributed by atoms with Gasteiger partial charge in [0, 0.05) is 11.9 Å². The quantitative estimate of drug-likeness (QED) is 0.588. The van der Waals surface area contributed by atoms with Gasteiger partial charge in [0.2, 0.25) is 0 Å². The summed E-state index contributed by atoms with van der Waals surface area (Å²) in [6.07, 6.45) is 1.91. The van der Waals surface area contributed by atoms with E-state index in [1.54, 1.807) is 0 Å². The van der Waals surface area contributed by atoms with Crippen LogP contribution in [0.4, 0.5) is 0 Å². The van der Waals surface area contributed by atoms with E-state index < -0.39 is 0 Å². The highest BCUT2D eigenvalue weighted by molar-refractivity contribution is 5.85. The predicted octanol–water partition coefficient (Wildman–Crippen LogP) is 2.11. The fraction of sp³-hybridized carbons (Fsp3) is 0.700. The fourth-order valence-electron chi connectivity index (χ4n) is 1.29. The Bertz CT molecular complexity index is 252. The second-order valence-corrected chi connectivity index (χ2v) is 4.89. The van der Waals surface area contributed by atoms with Crippen LogP contribution in [-0.4, -0.2) is 11.8 Å². The summed E-state index contributed by atoms with van der Waals surface area (Å²) in [6, 6.07) is 0. The molecule has 0 bridgehead atoms. The minimum absolute atomic E-state index is 0.112. The maximum absolute atomic E-state index is 6.00. The molecule has 2 heteroatoms. The van der Waals surface area contributed by atoms with Crippen molar-refractivity contribution in [2.24, 2.45) is 16.1 Å². The molecule has 0 saturated heterocycles. The van der Waals surface area contributed by atoms with Gasteiger partial charge in [-0.1, -0.05) is 20.8 Å². The monoisotopic (exact) mass is 166 g/mol. The number of rotatable bonds is 0. The molecule has 0 radical (unpaired) electrons. The van der Waals surface area contributed by atoms with Crippen LogP contribution in [-0.2, 0) is 0 Å². The zero-order valence-electron chi connectivity index (χ0n) is 8.60. The highest BCUT2D eigenvalue weighted by atomic mass is 14.9. The maximum atomic E-state index is 6.00. The lowest BCUT2D eigenvalue weighted by atomic mass is 9.84. The van der Waals surface area contributed by atoms with E-state index in [2.05, 4.69) is 25.8 Å². The molecule has 1 aliphatic heterocycles. The molecule has 0 aromatic carbocycles. The summed E-state index contributed by atoms with van der Waals surface area (Å²) in [5, 5.41) is 0.